The molecule has 0 aliphatic rings. The fourth-order valence-corrected chi connectivity index (χ4v) is 4.07. The van der Waals surface area contributed by atoms with E-state index in [4.69, 9.17) is 27.9 Å². The topological polar surface area (TPSA) is 58.6 Å². The van der Waals surface area contributed by atoms with Crippen molar-refractivity contribution in [3.63, 3.8) is 0 Å². The van der Waals surface area contributed by atoms with E-state index in [9.17, 15) is 14.0 Å². The van der Waals surface area contributed by atoms with E-state index in [2.05, 4.69) is 5.32 Å². The second kappa shape index (κ2) is 12.2. The molecule has 190 valence electrons. The average Bonchev–Trinajstić information content (AvgIpc) is 2.81. The van der Waals surface area contributed by atoms with E-state index in [-0.39, 0.29) is 36.3 Å². The van der Waals surface area contributed by atoms with Gasteiger partial charge in [-0.3, -0.25) is 9.59 Å². The summed E-state index contributed by atoms with van der Waals surface area (Å²) in [6.45, 7) is 5.37. The van der Waals surface area contributed by atoms with Crippen molar-refractivity contribution in [1.82, 2.24) is 10.2 Å². The summed E-state index contributed by atoms with van der Waals surface area (Å²) < 4.78 is 19.2. The Morgan fingerprint density at radius 2 is 1.64 bits per heavy atom. The van der Waals surface area contributed by atoms with Gasteiger partial charge < -0.3 is 15.0 Å². The van der Waals surface area contributed by atoms with E-state index in [1.165, 1.54) is 23.1 Å². The summed E-state index contributed by atoms with van der Waals surface area (Å²) in [5.74, 6) is -0.805. The van der Waals surface area contributed by atoms with Gasteiger partial charge in [-0.25, -0.2) is 4.39 Å². The molecule has 3 aromatic carbocycles. The molecule has 0 saturated carbocycles. The first-order valence-electron chi connectivity index (χ1n) is 11.5. The van der Waals surface area contributed by atoms with Crippen LogP contribution in [0.4, 0.5) is 4.39 Å². The fourth-order valence-electron chi connectivity index (χ4n) is 3.61. The minimum absolute atomic E-state index is 0.0892. The maximum Gasteiger partial charge on any atom is 0.261 e. The molecule has 0 heterocycles. The number of benzene rings is 3. The fraction of sp³-hybridized carbons (Fsp3) is 0.286. The van der Waals surface area contributed by atoms with Crippen LogP contribution < -0.4 is 10.1 Å². The number of halogens is 3. The third-order valence-electron chi connectivity index (χ3n) is 5.28. The van der Waals surface area contributed by atoms with Gasteiger partial charge in [-0.05, 0) is 62.2 Å². The van der Waals surface area contributed by atoms with Crippen molar-refractivity contribution in [2.75, 3.05) is 6.61 Å². The van der Waals surface area contributed by atoms with Gasteiger partial charge in [-0.1, -0.05) is 65.7 Å². The number of nitrogens with one attached hydrogen (secondary N) is 1. The van der Waals surface area contributed by atoms with Gasteiger partial charge in [-0.2, -0.15) is 0 Å². The van der Waals surface area contributed by atoms with Crippen molar-refractivity contribution in [1.29, 1.82) is 0 Å². The molecule has 0 aliphatic carbocycles. The molecule has 1 atom stereocenters. The number of hydrogen-bond donors (Lipinski definition) is 1. The van der Waals surface area contributed by atoms with Crippen molar-refractivity contribution >= 4 is 35.0 Å². The highest BCUT2D eigenvalue weighted by Crippen LogP contribution is 2.27. The van der Waals surface area contributed by atoms with E-state index in [1.807, 2.05) is 51.1 Å². The molecule has 1 N–H and O–H groups in total. The highest BCUT2D eigenvalue weighted by Gasteiger charge is 2.32. The monoisotopic (exact) mass is 530 g/mol. The van der Waals surface area contributed by atoms with Crippen molar-refractivity contribution < 1.29 is 18.7 Å². The summed E-state index contributed by atoms with van der Waals surface area (Å²) in [4.78, 5) is 28.5. The lowest BCUT2D eigenvalue weighted by Gasteiger charge is -2.33. The summed E-state index contributed by atoms with van der Waals surface area (Å²) in [6.07, 6.45) is 0.289. The molecule has 0 saturated heterocycles. The van der Waals surface area contributed by atoms with Crippen LogP contribution in [0.3, 0.4) is 0 Å². The number of rotatable bonds is 9. The molecule has 0 fully saturated rings. The summed E-state index contributed by atoms with van der Waals surface area (Å²) in [6, 6.07) is 19.2. The first-order valence-corrected chi connectivity index (χ1v) is 12.2. The molecule has 8 heteroatoms. The molecule has 0 spiro atoms. The maximum atomic E-state index is 13.5. The quantitative estimate of drug-likeness (QED) is 0.365. The van der Waals surface area contributed by atoms with Gasteiger partial charge in [0, 0.05) is 23.5 Å². The standard InChI is InChI=1S/C28H29Cl2FN2O3/c1-28(2,3)32-27(35)24(15-19-7-5-4-6-8-19)33(17-20-9-12-22(31)13-10-20)26(34)18-36-25-14-11-21(29)16-23(25)30/h4-14,16,24H,15,17-18H2,1-3H3,(H,32,35)/t24-/m1/s1. The number of ether oxygens (including phenoxy) is 1. The highest BCUT2D eigenvalue weighted by atomic mass is 35.5. The predicted octanol–water partition coefficient (Wildman–Crippen LogP) is 6.07. The van der Waals surface area contributed by atoms with Gasteiger partial charge in [0.2, 0.25) is 5.91 Å². The second-order valence-electron chi connectivity index (χ2n) is 9.46. The van der Waals surface area contributed by atoms with Gasteiger partial charge in [-0.15, -0.1) is 0 Å². The number of carbonyl (C=O) groups is 2. The molecule has 3 rings (SSSR count). The zero-order valence-corrected chi connectivity index (χ0v) is 21.9. The van der Waals surface area contributed by atoms with E-state index in [1.54, 1.807) is 24.3 Å². The molecule has 0 aliphatic heterocycles. The third-order valence-corrected chi connectivity index (χ3v) is 5.81. The zero-order valence-electron chi connectivity index (χ0n) is 20.4. The highest BCUT2D eigenvalue weighted by molar-refractivity contribution is 6.35. The van der Waals surface area contributed by atoms with Crippen LogP contribution in [0.1, 0.15) is 31.9 Å². The van der Waals surface area contributed by atoms with Gasteiger partial charge in [0.25, 0.3) is 5.91 Å². The van der Waals surface area contributed by atoms with Crippen LogP contribution in [0, 0.1) is 5.82 Å². The Morgan fingerprint density at radius 3 is 2.25 bits per heavy atom. The summed E-state index contributed by atoms with van der Waals surface area (Å²) in [7, 11) is 0. The lowest BCUT2D eigenvalue weighted by molar-refractivity contribution is -0.143. The Kier molecular flexibility index (Phi) is 9.35. The number of nitrogens with zero attached hydrogens (tertiary/aromatic N) is 1. The number of carbonyl (C=O) groups excluding carboxylic acids is 2. The smallest absolute Gasteiger partial charge is 0.261 e. The van der Waals surface area contributed by atoms with Crippen molar-refractivity contribution in [3.8, 4) is 5.75 Å². The van der Waals surface area contributed by atoms with Gasteiger partial charge in [0.05, 0.1) is 5.02 Å². The van der Waals surface area contributed by atoms with Crippen molar-refractivity contribution in [2.24, 2.45) is 0 Å². The van der Waals surface area contributed by atoms with Crippen LogP contribution in [-0.4, -0.2) is 34.9 Å². The van der Waals surface area contributed by atoms with Crippen LogP contribution >= 0.6 is 23.2 Å². The molecule has 0 unspecified atom stereocenters. The van der Waals surface area contributed by atoms with E-state index in [0.29, 0.717) is 16.3 Å². The summed E-state index contributed by atoms with van der Waals surface area (Å²) >= 11 is 12.1. The average molecular weight is 531 g/mol. The van der Waals surface area contributed by atoms with E-state index < -0.39 is 17.5 Å². The zero-order chi connectivity index (χ0) is 26.3. The largest absolute Gasteiger partial charge is 0.482 e. The van der Waals surface area contributed by atoms with Gasteiger partial charge >= 0.3 is 0 Å². The lowest BCUT2D eigenvalue weighted by atomic mass is 10.0. The molecule has 36 heavy (non-hydrogen) atoms. The van der Waals surface area contributed by atoms with E-state index >= 15 is 0 Å². The van der Waals surface area contributed by atoms with Crippen LogP contribution in [0.25, 0.3) is 0 Å². The summed E-state index contributed by atoms with van der Waals surface area (Å²) in [5, 5.41) is 3.70. The Hall–Kier alpha value is -3.09. The minimum atomic E-state index is -0.839. The van der Waals surface area contributed by atoms with Crippen LogP contribution in [0.15, 0.2) is 72.8 Å². The Morgan fingerprint density at radius 1 is 0.972 bits per heavy atom. The van der Waals surface area contributed by atoms with Crippen LogP contribution in [0.2, 0.25) is 10.0 Å². The molecule has 0 bridgehead atoms. The minimum Gasteiger partial charge on any atom is -0.482 e. The maximum absolute atomic E-state index is 13.5. The Labute approximate surface area is 221 Å². The van der Waals surface area contributed by atoms with Crippen LogP contribution in [-0.2, 0) is 22.6 Å². The van der Waals surface area contributed by atoms with E-state index in [0.717, 1.165) is 5.56 Å². The lowest BCUT2D eigenvalue weighted by Crippen LogP contribution is -2.55. The Balaban J connectivity index is 1.93. The molecule has 5 nitrogen and oxygen atoms in total. The van der Waals surface area contributed by atoms with Gasteiger partial charge in [0.1, 0.15) is 17.6 Å². The normalized spacial score (nSPS) is 12.1. The third kappa shape index (κ3) is 8.25. The SMILES string of the molecule is CC(C)(C)NC(=O)[C@@H](Cc1ccccc1)N(Cc1ccc(F)cc1)C(=O)COc1ccc(Cl)cc1Cl. The first kappa shape index (κ1) is 27.5. The molecular weight excluding hydrogens is 502 g/mol. The molecular formula is C28H29Cl2FN2O3. The van der Waals surface area contributed by atoms with Crippen molar-refractivity contribution in [3.05, 3.63) is 99.8 Å². The number of amides is 2. The number of hydrogen-bond acceptors (Lipinski definition) is 3. The Bertz CT molecular complexity index is 1180. The summed E-state index contributed by atoms with van der Waals surface area (Å²) in [5.41, 5.74) is 1.06. The molecule has 3 aromatic rings. The van der Waals surface area contributed by atoms with Crippen molar-refractivity contribution in [2.45, 2.75) is 45.3 Å². The molecule has 0 radical (unpaired) electrons. The molecule has 0 aromatic heterocycles. The van der Waals surface area contributed by atoms with Crippen LogP contribution in [0.5, 0.6) is 5.75 Å². The second-order valence-corrected chi connectivity index (χ2v) is 10.3. The first-order chi connectivity index (χ1) is 17.0. The predicted molar refractivity (Wildman–Crippen MR) is 141 cm³/mol. The van der Waals surface area contributed by atoms with Gasteiger partial charge in [0.15, 0.2) is 6.61 Å². The molecule has 2 amide bonds.